The molecule has 0 aromatic heterocycles. The Morgan fingerprint density at radius 3 is 2.62 bits per heavy atom. The van der Waals surface area contributed by atoms with Gasteiger partial charge in [-0.1, -0.05) is 54.6 Å². The molecule has 0 heterocycles. The van der Waals surface area contributed by atoms with Crippen LogP contribution in [0.15, 0.2) is 54.6 Å². The van der Waals surface area contributed by atoms with Crippen LogP contribution in [-0.2, 0) is 11.2 Å². The molecule has 0 fully saturated rings. The van der Waals surface area contributed by atoms with Crippen LogP contribution < -0.4 is 10.6 Å². The van der Waals surface area contributed by atoms with Crippen LogP contribution in [0.25, 0.3) is 0 Å². The van der Waals surface area contributed by atoms with Gasteiger partial charge in [-0.05, 0) is 50.0 Å². The molecule has 26 heavy (non-hydrogen) atoms. The molecule has 138 valence electrons. The summed E-state index contributed by atoms with van der Waals surface area (Å²) in [5.74, 6) is 0.0669. The van der Waals surface area contributed by atoms with Crippen LogP contribution in [0.2, 0.25) is 0 Å². The second-order valence-corrected chi connectivity index (χ2v) is 7.23. The average molecular weight is 351 g/mol. The highest BCUT2D eigenvalue weighted by atomic mass is 16.1. The van der Waals surface area contributed by atoms with Gasteiger partial charge in [-0.15, -0.1) is 0 Å². The van der Waals surface area contributed by atoms with Crippen molar-refractivity contribution in [3.8, 4) is 0 Å². The topological polar surface area (TPSA) is 44.4 Å². The number of hydrogen-bond acceptors (Lipinski definition) is 3. The Hall–Kier alpha value is -2.17. The zero-order valence-corrected chi connectivity index (χ0v) is 15.7. The largest absolute Gasteiger partial charge is 0.348 e. The van der Waals surface area contributed by atoms with Crippen molar-refractivity contribution in [3.63, 3.8) is 0 Å². The number of benzene rings is 2. The van der Waals surface area contributed by atoms with Crippen molar-refractivity contribution >= 4 is 5.91 Å². The zero-order chi connectivity index (χ0) is 18.4. The zero-order valence-electron chi connectivity index (χ0n) is 15.7. The Balaban J connectivity index is 1.52. The second-order valence-electron chi connectivity index (χ2n) is 7.23. The van der Waals surface area contributed by atoms with E-state index in [2.05, 4.69) is 78.2 Å². The lowest BCUT2D eigenvalue weighted by molar-refractivity contribution is -0.121. The third kappa shape index (κ3) is 4.71. The SMILES string of the molecule is CN(C)[C@@H](CNCC(=O)N[C@H]1CCCc2ccccc21)c1ccccc1. The molecule has 4 nitrogen and oxygen atoms in total. The number of rotatable bonds is 7. The Labute approximate surface area is 156 Å². The molecule has 2 aromatic rings. The van der Waals surface area contributed by atoms with Gasteiger partial charge >= 0.3 is 0 Å². The van der Waals surface area contributed by atoms with Crippen LogP contribution in [0, 0.1) is 0 Å². The number of carbonyl (C=O) groups is 1. The molecule has 0 radical (unpaired) electrons. The van der Waals surface area contributed by atoms with Crippen molar-refractivity contribution in [2.75, 3.05) is 27.2 Å². The molecular weight excluding hydrogens is 322 g/mol. The van der Waals surface area contributed by atoms with Crippen molar-refractivity contribution in [1.82, 2.24) is 15.5 Å². The van der Waals surface area contributed by atoms with Gasteiger partial charge in [-0.2, -0.15) is 0 Å². The number of likely N-dealkylation sites (N-methyl/N-ethyl adjacent to an activating group) is 1. The molecule has 0 saturated carbocycles. The van der Waals surface area contributed by atoms with E-state index in [0.29, 0.717) is 6.54 Å². The second kappa shape index (κ2) is 8.97. The maximum Gasteiger partial charge on any atom is 0.234 e. The van der Waals surface area contributed by atoms with Crippen molar-refractivity contribution < 1.29 is 4.79 Å². The van der Waals surface area contributed by atoms with Crippen molar-refractivity contribution in [2.24, 2.45) is 0 Å². The molecule has 3 rings (SSSR count). The summed E-state index contributed by atoms with van der Waals surface area (Å²) in [6.07, 6.45) is 3.27. The lowest BCUT2D eigenvalue weighted by atomic mass is 9.88. The Kier molecular flexibility index (Phi) is 6.42. The highest BCUT2D eigenvalue weighted by Gasteiger charge is 2.21. The minimum absolute atomic E-state index is 0.0669. The van der Waals surface area contributed by atoms with E-state index in [1.54, 1.807) is 0 Å². The Morgan fingerprint density at radius 1 is 1.12 bits per heavy atom. The molecule has 2 atom stereocenters. The van der Waals surface area contributed by atoms with E-state index in [0.717, 1.165) is 25.8 Å². The molecule has 2 N–H and O–H groups in total. The third-order valence-corrected chi connectivity index (χ3v) is 5.14. The van der Waals surface area contributed by atoms with E-state index in [1.165, 1.54) is 16.7 Å². The first-order chi connectivity index (χ1) is 12.6. The van der Waals surface area contributed by atoms with Gasteiger partial charge in [0.25, 0.3) is 0 Å². The van der Waals surface area contributed by atoms with E-state index in [-0.39, 0.29) is 18.0 Å². The van der Waals surface area contributed by atoms with Gasteiger partial charge in [0, 0.05) is 12.6 Å². The molecule has 2 aromatic carbocycles. The van der Waals surface area contributed by atoms with Gasteiger partial charge in [0.1, 0.15) is 0 Å². The Bertz CT molecular complexity index is 714. The summed E-state index contributed by atoms with van der Waals surface area (Å²) in [5.41, 5.74) is 3.91. The van der Waals surface area contributed by atoms with Gasteiger partial charge in [0.15, 0.2) is 0 Å². The number of carbonyl (C=O) groups excluding carboxylic acids is 1. The normalized spacial score (nSPS) is 17.6. The van der Waals surface area contributed by atoms with Gasteiger partial charge in [0.05, 0.1) is 12.6 Å². The molecule has 0 unspecified atom stereocenters. The standard InChI is InChI=1S/C22H29N3O/c1-25(2)21(18-10-4-3-5-11-18)15-23-16-22(26)24-20-14-8-12-17-9-6-7-13-19(17)20/h3-7,9-11,13,20-21,23H,8,12,14-16H2,1-2H3,(H,24,26)/t20-,21-/m0/s1. The van der Waals surface area contributed by atoms with Crippen LogP contribution in [0.5, 0.6) is 0 Å². The maximum atomic E-state index is 12.4. The minimum Gasteiger partial charge on any atom is -0.348 e. The van der Waals surface area contributed by atoms with E-state index >= 15 is 0 Å². The summed E-state index contributed by atoms with van der Waals surface area (Å²) in [6.45, 7) is 1.08. The van der Waals surface area contributed by atoms with Crippen LogP contribution in [0.3, 0.4) is 0 Å². The maximum absolute atomic E-state index is 12.4. The Morgan fingerprint density at radius 2 is 1.85 bits per heavy atom. The number of nitrogens with one attached hydrogen (secondary N) is 2. The predicted octanol–water partition coefficient (Wildman–Crippen LogP) is 3.07. The highest BCUT2D eigenvalue weighted by molar-refractivity contribution is 5.78. The fourth-order valence-electron chi connectivity index (χ4n) is 3.75. The number of fused-ring (bicyclic) bond motifs is 1. The summed E-state index contributed by atoms with van der Waals surface area (Å²) in [7, 11) is 4.14. The summed E-state index contributed by atoms with van der Waals surface area (Å²) in [5, 5.41) is 6.53. The van der Waals surface area contributed by atoms with Crippen LogP contribution in [0.1, 0.15) is 41.6 Å². The average Bonchev–Trinajstić information content (AvgIpc) is 2.66. The predicted molar refractivity (Wildman–Crippen MR) is 106 cm³/mol. The third-order valence-electron chi connectivity index (χ3n) is 5.14. The summed E-state index contributed by atoms with van der Waals surface area (Å²) < 4.78 is 0. The lowest BCUT2D eigenvalue weighted by Crippen LogP contribution is -2.40. The van der Waals surface area contributed by atoms with Gasteiger partial charge in [-0.25, -0.2) is 0 Å². The summed E-state index contributed by atoms with van der Waals surface area (Å²) in [6, 6.07) is 19.2. The fraction of sp³-hybridized carbons (Fsp3) is 0.409. The van der Waals surface area contributed by atoms with E-state index in [9.17, 15) is 4.79 Å². The van der Waals surface area contributed by atoms with Crippen LogP contribution in [-0.4, -0.2) is 38.0 Å². The molecule has 0 aliphatic heterocycles. The molecule has 1 aliphatic carbocycles. The molecule has 0 bridgehead atoms. The van der Waals surface area contributed by atoms with E-state index < -0.39 is 0 Å². The van der Waals surface area contributed by atoms with Gasteiger partial charge in [-0.3, -0.25) is 4.79 Å². The quantitative estimate of drug-likeness (QED) is 0.806. The number of aryl methyl sites for hydroxylation is 1. The van der Waals surface area contributed by atoms with Gasteiger partial charge in [0.2, 0.25) is 5.91 Å². The highest BCUT2D eigenvalue weighted by Crippen LogP contribution is 2.29. The molecule has 1 amide bonds. The smallest absolute Gasteiger partial charge is 0.234 e. The molecule has 4 heteroatoms. The van der Waals surface area contributed by atoms with Crippen LogP contribution >= 0.6 is 0 Å². The number of nitrogens with zero attached hydrogens (tertiary/aromatic N) is 1. The van der Waals surface area contributed by atoms with Crippen molar-refractivity contribution in [3.05, 3.63) is 71.3 Å². The first kappa shape index (κ1) is 18.6. The first-order valence-corrected chi connectivity index (χ1v) is 9.44. The monoisotopic (exact) mass is 351 g/mol. The number of amides is 1. The molecule has 0 saturated heterocycles. The van der Waals surface area contributed by atoms with E-state index in [1.807, 2.05) is 6.07 Å². The summed E-state index contributed by atoms with van der Waals surface area (Å²) in [4.78, 5) is 14.6. The summed E-state index contributed by atoms with van der Waals surface area (Å²) >= 11 is 0. The fourth-order valence-corrected chi connectivity index (χ4v) is 3.75. The minimum atomic E-state index is 0.0669. The first-order valence-electron chi connectivity index (χ1n) is 9.44. The van der Waals surface area contributed by atoms with Gasteiger partial charge < -0.3 is 15.5 Å². The number of hydrogen-bond donors (Lipinski definition) is 2. The van der Waals surface area contributed by atoms with Crippen molar-refractivity contribution in [1.29, 1.82) is 0 Å². The lowest BCUT2D eigenvalue weighted by Gasteiger charge is -2.27. The van der Waals surface area contributed by atoms with E-state index in [4.69, 9.17) is 0 Å². The van der Waals surface area contributed by atoms with Crippen molar-refractivity contribution in [2.45, 2.75) is 31.3 Å². The molecule has 1 aliphatic rings. The molecular formula is C22H29N3O. The van der Waals surface area contributed by atoms with Crippen LogP contribution in [0.4, 0.5) is 0 Å². The molecule has 0 spiro atoms.